The van der Waals surface area contributed by atoms with Crippen LogP contribution in [0.25, 0.3) is 0 Å². The van der Waals surface area contributed by atoms with E-state index in [1.54, 1.807) is 6.07 Å². The van der Waals surface area contributed by atoms with Crippen LogP contribution in [0.2, 0.25) is 15.1 Å². The van der Waals surface area contributed by atoms with Gasteiger partial charge in [-0.05, 0) is 64.9 Å². The van der Waals surface area contributed by atoms with Crippen molar-refractivity contribution < 1.29 is 0 Å². The fourth-order valence-electron chi connectivity index (χ4n) is 2.13. The summed E-state index contributed by atoms with van der Waals surface area (Å²) in [5, 5.41) is 5.41. The van der Waals surface area contributed by atoms with Crippen molar-refractivity contribution in [3.05, 3.63) is 66.2 Å². The highest BCUT2D eigenvalue weighted by atomic mass is 127. The summed E-state index contributed by atoms with van der Waals surface area (Å²) in [4.78, 5) is 0. The minimum Gasteiger partial charge on any atom is -0.306 e. The smallest absolute Gasteiger partial charge is 0.0643 e. The van der Waals surface area contributed by atoms with Crippen molar-refractivity contribution in [2.24, 2.45) is 0 Å². The Labute approximate surface area is 154 Å². The van der Waals surface area contributed by atoms with Crippen LogP contribution in [0.5, 0.6) is 0 Å². The van der Waals surface area contributed by atoms with Crippen LogP contribution in [0.3, 0.4) is 0 Å². The van der Waals surface area contributed by atoms with Gasteiger partial charge >= 0.3 is 0 Å². The first kappa shape index (κ1) is 17.4. The van der Waals surface area contributed by atoms with Gasteiger partial charge in [-0.1, -0.05) is 59.9 Å². The predicted molar refractivity (Wildman–Crippen MR) is 101 cm³/mol. The molecule has 0 aromatic heterocycles. The Morgan fingerprint density at radius 1 is 1.10 bits per heavy atom. The van der Waals surface area contributed by atoms with Gasteiger partial charge in [-0.3, -0.25) is 0 Å². The van der Waals surface area contributed by atoms with Crippen molar-refractivity contribution in [3.63, 3.8) is 0 Å². The van der Waals surface area contributed by atoms with Crippen LogP contribution in [0.15, 0.2) is 36.4 Å². The molecule has 0 saturated carbocycles. The molecule has 0 saturated heterocycles. The summed E-state index contributed by atoms with van der Waals surface area (Å²) in [7, 11) is 0. The monoisotopic (exact) mass is 453 g/mol. The zero-order valence-electron chi connectivity index (χ0n) is 11.5. The number of nitrogens with one attached hydrogen (secondary N) is 1. The van der Waals surface area contributed by atoms with Crippen molar-refractivity contribution in [2.45, 2.75) is 19.4 Å². The molecule has 1 N–H and O–H groups in total. The first-order valence-electron chi connectivity index (χ1n) is 6.66. The van der Waals surface area contributed by atoms with Crippen molar-refractivity contribution in [1.82, 2.24) is 5.32 Å². The molecule has 0 aliphatic heterocycles. The summed E-state index contributed by atoms with van der Waals surface area (Å²) in [6.07, 6.45) is 1.03. The molecule has 0 aliphatic carbocycles. The number of hydrogen-bond donors (Lipinski definition) is 1. The summed E-state index contributed by atoms with van der Waals surface area (Å²) >= 11 is 21.0. The molecule has 2 aromatic carbocycles. The second-order valence-corrected chi connectivity index (χ2v) is 7.06. The largest absolute Gasteiger partial charge is 0.306 e. The molecular formula is C16H15Cl3IN. The van der Waals surface area contributed by atoms with Crippen molar-refractivity contribution in [2.75, 3.05) is 6.54 Å². The Kier molecular flexibility index (Phi) is 6.63. The van der Waals surface area contributed by atoms with E-state index in [-0.39, 0.29) is 6.04 Å². The Bertz CT molecular complexity index is 631. The summed E-state index contributed by atoms with van der Waals surface area (Å²) in [6, 6.07) is 11.7. The Morgan fingerprint density at radius 2 is 1.86 bits per heavy atom. The lowest BCUT2D eigenvalue weighted by Gasteiger charge is -2.21. The normalized spacial score (nSPS) is 12.4. The van der Waals surface area contributed by atoms with Crippen LogP contribution in [-0.4, -0.2) is 6.54 Å². The molecule has 0 amide bonds. The van der Waals surface area contributed by atoms with Gasteiger partial charge in [-0.25, -0.2) is 0 Å². The minimum atomic E-state index is -0.0225. The van der Waals surface area contributed by atoms with E-state index in [0.717, 1.165) is 32.7 Å². The maximum Gasteiger partial charge on any atom is 0.0643 e. The lowest BCUT2D eigenvalue weighted by atomic mass is 9.98. The molecule has 0 fully saturated rings. The molecule has 21 heavy (non-hydrogen) atoms. The lowest BCUT2D eigenvalue weighted by molar-refractivity contribution is 0.599. The van der Waals surface area contributed by atoms with E-state index in [9.17, 15) is 0 Å². The summed E-state index contributed by atoms with van der Waals surface area (Å²) in [5.41, 5.74) is 2.05. The highest BCUT2D eigenvalue weighted by Gasteiger charge is 2.18. The third kappa shape index (κ3) is 4.26. The molecule has 1 atom stereocenters. The molecule has 0 radical (unpaired) electrons. The predicted octanol–water partition coefficient (Wildman–Crippen LogP) is 6.34. The quantitative estimate of drug-likeness (QED) is 0.520. The highest BCUT2D eigenvalue weighted by Crippen LogP contribution is 2.34. The van der Waals surface area contributed by atoms with Crippen LogP contribution in [0.4, 0.5) is 0 Å². The molecular weight excluding hydrogens is 439 g/mol. The van der Waals surface area contributed by atoms with Gasteiger partial charge in [0.2, 0.25) is 0 Å². The molecule has 0 aliphatic rings. The van der Waals surface area contributed by atoms with Crippen molar-refractivity contribution in [3.8, 4) is 0 Å². The van der Waals surface area contributed by atoms with Crippen molar-refractivity contribution >= 4 is 57.4 Å². The van der Waals surface area contributed by atoms with Crippen LogP contribution in [0, 0.1) is 3.57 Å². The van der Waals surface area contributed by atoms with Gasteiger partial charge in [0.25, 0.3) is 0 Å². The van der Waals surface area contributed by atoms with Gasteiger partial charge < -0.3 is 5.32 Å². The van der Waals surface area contributed by atoms with Gasteiger partial charge in [0.1, 0.15) is 0 Å². The number of benzene rings is 2. The maximum absolute atomic E-state index is 6.38. The first-order chi connectivity index (χ1) is 10.0. The molecule has 2 rings (SSSR count). The van der Waals surface area contributed by atoms with Crippen LogP contribution in [0.1, 0.15) is 30.5 Å². The van der Waals surface area contributed by atoms with Crippen LogP contribution in [-0.2, 0) is 0 Å². The van der Waals surface area contributed by atoms with Gasteiger partial charge in [-0.15, -0.1) is 0 Å². The van der Waals surface area contributed by atoms with Crippen molar-refractivity contribution in [1.29, 1.82) is 0 Å². The molecule has 0 bridgehead atoms. The second kappa shape index (κ2) is 8.02. The molecule has 0 spiro atoms. The van der Waals surface area contributed by atoms with Crippen LogP contribution < -0.4 is 5.32 Å². The summed E-state index contributed by atoms with van der Waals surface area (Å²) in [6.45, 7) is 3.02. The summed E-state index contributed by atoms with van der Waals surface area (Å²) < 4.78 is 1.03. The Hall–Kier alpha value is -0.000000000000000167. The Morgan fingerprint density at radius 3 is 2.52 bits per heavy atom. The zero-order chi connectivity index (χ0) is 15.4. The highest BCUT2D eigenvalue weighted by molar-refractivity contribution is 14.1. The van der Waals surface area contributed by atoms with E-state index in [2.05, 4.69) is 40.9 Å². The van der Waals surface area contributed by atoms with Gasteiger partial charge in [0.05, 0.1) is 21.1 Å². The fraction of sp³-hybridized carbons (Fsp3) is 0.250. The average molecular weight is 455 g/mol. The maximum atomic E-state index is 6.38. The third-order valence-electron chi connectivity index (χ3n) is 3.17. The lowest BCUT2D eigenvalue weighted by Crippen LogP contribution is -2.23. The van der Waals surface area contributed by atoms with E-state index in [1.165, 1.54) is 0 Å². The third-order valence-corrected chi connectivity index (χ3v) is 5.57. The van der Waals surface area contributed by atoms with Crippen LogP contribution >= 0.6 is 57.4 Å². The first-order valence-corrected chi connectivity index (χ1v) is 8.88. The van der Waals surface area contributed by atoms with Gasteiger partial charge in [0, 0.05) is 3.57 Å². The number of hydrogen-bond acceptors (Lipinski definition) is 1. The number of rotatable bonds is 5. The second-order valence-electron chi connectivity index (χ2n) is 4.70. The van der Waals surface area contributed by atoms with Gasteiger partial charge in [-0.2, -0.15) is 0 Å². The van der Waals surface area contributed by atoms with E-state index >= 15 is 0 Å². The van der Waals surface area contributed by atoms with E-state index in [1.807, 2.05) is 24.3 Å². The molecule has 5 heteroatoms. The van der Waals surface area contributed by atoms with E-state index in [0.29, 0.717) is 10.0 Å². The van der Waals surface area contributed by atoms with E-state index in [4.69, 9.17) is 34.8 Å². The Balaban J connectivity index is 2.47. The SMILES string of the molecule is CCCNC(c1ccc(I)c(Cl)c1)c1cccc(Cl)c1Cl. The zero-order valence-corrected chi connectivity index (χ0v) is 15.9. The van der Waals surface area contributed by atoms with Gasteiger partial charge in [0.15, 0.2) is 0 Å². The van der Waals surface area contributed by atoms with E-state index < -0.39 is 0 Å². The average Bonchev–Trinajstić information content (AvgIpc) is 2.47. The molecule has 1 nitrogen and oxygen atoms in total. The molecule has 2 aromatic rings. The minimum absolute atomic E-state index is 0.0225. The number of halogens is 4. The standard InChI is InChI=1S/C16H15Cl3IN/c1-2-8-21-16(10-6-7-14(20)13(18)9-10)11-4-3-5-12(17)15(11)19/h3-7,9,16,21H,2,8H2,1H3. The fourth-order valence-corrected chi connectivity index (χ4v) is 3.07. The molecule has 0 heterocycles. The topological polar surface area (TPSA) is 12.0 Å². The molecule has 1 unspecified atom stereocenters. The summed E-state index contributed by atoms with van der Waals surface area (Å²) in [5.74, 6) is 0. The molecule has 112 valence electrons.